The molecule has 0 fully saturated rings. The lowest BCUT2D eigenvalue weighted by Gasteiger charge is -2.16. The van der Waals surface area contributed by atoms with E-state index in [9.17, 15) is 19.3 Å². The van der Waals surface area contributed by atoms with Crippen LogP contribution in [0.1, 0.15) is 20.8 Å². The number of nitro groups is 1. The number of hydrogen-bond acceptors (Lipinski definition) is 4. The summed E-state index contributed by atoms with van der Waals surface area (Å²) in [6, 6.07) is 2.38. The molecule has 7 heteroatoms. The predicted molar refractivity (Wildman–Crippen MR) is 74.0 cm³/mol. The summed E-state index contributed by atoms with van der Waals surface area (Å²) in [6.07, 6.45) is 0. The highest BCUT2D eigenvalue weighted by atomic mass is 19.1. The molecule has 0 aromatic heterocycles. The minimum atomic E-state index is -0.700. The van der Waals surface area contributed by atoms with Gasteiger partial charge in [0.05, 0.1) is 4.92 Å². The summed E-state index contributed by atoms with van der Waals surface area (Å²) in [5.74, 6) is -0.597. The molecule has 1 aromatic rings. The molecule has 0 heterocycles. The quantitative estimate of drug-likeness (QED) is 0.619. The van der Waals surface area contributed by atoms with Gasteiger partial charge in [-0.15, -0.1) is 0 Å². The van der Waals surface area contributed by atoms with E-state index >= 15 is 0 Å². The molecule has 0 bridgehead atoms. The van der Waals surface area contributed by atoms with Crippen LogP contribution in [0.2, 0.25) is 0 Å². The molecule has 110 valence electrons. The number of carbonyl (C=O) groups excluding carboxylic acids is 1. The first kappa shape index (κ1) is 15.9. The van der Waals surface area contributed by atoms with Crippen molar-refractivity contribution in [3.63, 3.8) is 0 Å². The zero-order chi connectivity index (χ0) is 15.3. The Hall–Kier alpha value is -2.18. The first-order chi connectivity index (χ1) is 9.31. The van der Waals surface area contributed by atoms with E-state index in [4.69, 9.17) is 0 Å². The van der Waals surface area contributed by atoms with Crippen molar-refractivity contribution < 1.29 is 14.1 Å². The maximum Gasteiger partial charge on any atom is 0.292 e. The number of nitrogens with one attached hydrogen (secondary N) is 2. The second kappa shape index (κ2) is 6.83. The molecule has 0 aliphatic carbocycles. The first-order valence-electron chi connectivity index (χ1n) is 6.29. The molecule has 0 spiro atoms. The van der Waals surface area contributed by atoms with Crippen molar-refractivity contribution in [2.24, 2.45) is 5.92 Å². The zero-order valence-electron chi connectivity index (χ0n) is 11.6. The first-order valence-corrected chi connectivity index (χ1v) is 6.29. The monoisotopic (exact) mass is 283 g/mol. The standard InChI is InChI=1S/C13H18FN3O3/c1-8(2)7-15-13(18)9(3)16-11-6-10(14)4-5-12(11)17(19)20/h4-6,8-9,16H,7H2,1-3H3,(H,15,18). The Labute approximate surface area is 116 Å². The van der Waals surface area contributed by atoms with Crippen LogP contribution in [-0.2, 0) is 4.79 Å². The number of nitrogens with zero attached hydrogens (tertiary/aromatic N) is 1. The highest BCUT2D eigenvalue weighted by Gasteiger charge is 2.19. The van der Waals surface area contributed by atoms with Gasteiger partial charge in [0.25, 0.3) is 5.69 Å². The Bertz CT molecular complexity index is 506. The van der Waals surface area contributed by atoms with Gasteiger partial charge in [-0.2, -0.15) is 0 Å². The van der Waals surface area contributed by atoms with Gasteiger partial charge in [-0.25, -0.2) is 4.39 Å². The number of hydrogen-bond donors (Lipinski definition) is 2. The van der Waals surface area contributed by atoms with E-state index < -0.39 is 16.8 Å². The topological polar surface area (TPSA) is 84.3 Å². The molecule has 0 saturated heterocycles. The normalized spacial score (nSPS) is 12.1. The Balaban J connectivity index is 2.79. The smallest absolute Gasteiger partial charge is 0.292 e. The van der Waals surface area contributed by atoms with E-state index in [1.807, 2.05) is 13.8 Å². The van der Waals surface area contributed by atoms with Gasteiger partial charge >= 0.3 is 0 Å². The molecule has 0 aliphatic heterocycles. The molecule has 2 N–H and O–H groups in total. The Morgan fingerprint density at radius 2 is 2.05 bits per heavy atom. The molecule has 1 amide bonds. The fourth-order valence-electron chi connectivity index (χ4n) is 1.54. The molecule has 1 atom stereocenters. The van der Waals surface area contributed by atoms with Crippen molar-refractivity contribution in [1.82, 2.24) is 5.32 Å². The maximum atomic E-state index is 13.2. The second-order valence-electron chi connectivity index (χ2n) is 4.92. The highest BCUT2D eigenvalue weighted by Crippen LogP contribution is 2.25. The molecular formula is C13H18FN3O3. The van der Waals surface area contributed by atoms with E-state index in [1.54, 1.807) is 6.92 Å². The van der Waals surface area contributed by atoms with Gasteiger partial charge in [0.2, 0.25) is 5.91 Å². The molecule has 0 saturated carbocycles. The van der Waals surface area contributed by atoms with Crippen LogP contribution >= 0.6 is 0 Å². The minimum absolute atomic E-state index is 0.0119. The van der Waals surface area contributed by atoms with Crippen molar-refractivity contribution in [2.75, 3.05) is 11.9 Å². The SMILES string of the molecule is CC(C)CNC(=O)C(C)Nc1cc(F)ccc1[N+](=O)[O-]. The molecule has 0 radical (unpaired) electrons. The van der Waals surface area contributed by atoms with Crippen LogP contribution < -0.4 is 10.6 Å². The van der Waals surface area contributed by atoms with Gasteiger partial charge in [0.15, 0.2) is 0 Å². The Morgan fingerprint density at radius 3 is 2.60 bits per heavy atom. The average Bonchev–Trinajstić information content (AvgIpc) is 2.35. The van der Waals surface area contributed by atoms with Crippen molar-refractivity contribution in [2.45, 2.75) is 26.8 Å². The van der Waals surface area contributed by atoms with Gasteiger partial charge in [-0.1, -0.05) is 13.8 Å². The molecule has 0 aliphatic rings. The molecule has 1 aromatic carbocycles. The van der Waals surface area contributed by atoms with Crippen molar-refractivity contribution >= 4 is 17.3 Å². The average molecular weight is 283 g/mol. The lowest BCUT2D eigenvalue weighted by atomic mass is 10.2. The number of benzene rings is 1. The molecule has 1 rings (SSSR count). The molecule has 20 heavy (non-hydrogen) atoms. The summed E-state index contributed by atoms with van der Waals surface area (Å²) >= 11 is 0. The summed E-state index contributed by atoms with van der Waals surface area (Å²) in [5, 5.41) is 16.2. The van der Waals surface area contributed by atoms with Crippen LogP contribution in [-0.4, -0.2) is 23.4 Å². The molecule has 6 nitrogen and oxygen atoms in total. The van der Waals surface area contributed by atoms with Crippen LogP contribution in [0.25, 0.3) is 0 Å². The van der Waals surface area contributed by atoms with Gasteiger partial charge in [0.1, 0.15) is 17.5 Å². The number of rotatable bonds is 6. The summed E-state index contributed by atoms with van der Waals surface area (Å²) < 4.78 is 13.2. The lowest BCUT2D eigenvalue weighted by Crippen LogP contribution is -2.39. The summed E-state index contributed by atoms with van der Waals surface area (Å²) in [5.41, 5.74) is -0.280. The largest absolute Gasteiger partial charge is 0.368 e. The second-order valence-corrected chi connectivity index (χ2v) is 4.92. The third-order valence-electron chi connectivity index (χ3n) is 2.61. The number of nitro benzene ring substituents is 1. The van der Waals surface area contributed by atoms with Crippen LogP contribution in [0.5, 0.6) is 0 Å². The van der Waals surface area contributed by atoms with E-state index in [2.05, 4.69) is 10.6 Å². The number of halogens is 1. The van der Waals surface area contributed by atoms with Gasteiger partial charge in [0, 0.05) is 18.7 Å². The highest BCUT2D eigenvalue weighted by molar-refractivity contribution is 5.85. The van der Waals surface area contributed by atoms with Crippen LogP contribution in [0.3, 0.4) is 0 Å². The third-order valence-corrected chi connectivity index (χ3v) is 2.61. The van der Waals surface area contributed by atoms with Crippen molar-refractivity contribution in [3.05, 3.63) is 34.1 Å². The van der Waals surface area contributed by atoms with Crippen LogP contribution in [0.4, 0.5) is 15.8 Å². The molecular weight excluding hydrogens is 265 g/mol. The van der Waals surface area contributed by atoms with E-state index in [0.717, 1.165) is 18.2 Å². The van der Waals surface area contributed by atoms with Gasteiger partial charge in [-0.05, 0) is 18.9 Å². The molecule has 1 unspecified atom stereocenters. The predicted octanol–water partition coefficient (Wildman–Crippen LogP) is 2.31. The number of amides is 1. The minimum Gasteiger partial charge on any atom is -0.368 e. The van der Waals surface area contributed by atoms with E-state index in [1.165, 1.54) is 0 Å². The summed E-state index contributed by atoms with van der Waals surface area (Å²) in [7, 11) is 0. The van der Waals surface area contributed by atoms with Crippen LogP contribution in [0.15, 0.2) is 18.2 Å². The van der Waals surface area contributed by atoms with Gasteiger partial charge < -0.3 is 10.6 Å². The fourth-order valence-corrected chi connectivity index (χ4v) is 1.54. The van der Waals surface area contributed by atoms with Gasteiger partial charge in [-0.3, -0.25) is 14.9 Å². The number of carbonyl (C=O) groups is 1. The maximum absolute atomic E-state index is 13.2. The summed E-state index contributed by atoms with van der Waals surface area (Å²) in [4.78, 5) is 22.0. The van der Waals surface area contributed by atoms with E-state index in [-0.39, 0.29) is 17.3 Å². The Morgan fingerprint density at radius 1 is 1.40 bits per heavy atom. The fraction of sp³-hybridized carbons (Fsp3) is 0.462. The van der Waals surface area contributed by atoms with Crippen molar-refractivity contribution in [3.8, 4) is 0 Å². The van der Waals surface area contributed by atoms with E-state index in [0.29, 0.717) is 12.5 Å². The zero-order valence-corrected chi connectivity index (χ0v) is 11.6. The Kier molecular flexibility index (Phi) is 5.42. The third kappa shape index (κ3) is 4.49. The van der Waals surface area contributed by atoms with Crippen LogP contribution in [0, 0.1) is 21.8 Å². The lowest BCUT2D eigenvalue weighted by molar-refractivity contribution is -0.384. The van der Waals surface area contributed by atoms with Crippen molar-refractivity contribution in [1.29, 1.82) is 0 Å². The summed E-state index contributed by atoms with van der Waals surface area (Å²) in [6.45, 7) is 5.98. The number of anilines is 1.